The van der Waals surface area contributed by atoms with E-state index in [0.717, 1.165) is 0 Å². The number of nitrogens with one attached hydrogen (secondary N) is 1. The lowest BCUT2D eigenvalue weighted by molar-refractivity contribution is -0.122. The van der Waals surface area contributed by atoms with Gasteiger partial charge < -0.3 is 10.4 Å². The van der Waals surface area contributed by atoms with E-state index >= 15 is 4.39 Å². The Morgan fingerprint density at radius 2 is 1.80 bits per heavy atom. The zero-order chi connectivity index (χ0) is 29.4. The van der Waals surface area contributed by atoms with E-state index in [9.17, 15) is 19.5 Å². The predicted octanol–water partition coefficient (Wildman–Crippen LogP) is 6.30. The van der Waals surface area contributed by atoms with Crippen LogP contribution in [0.25, 0.3) is 0 Å². The second kappa shape index (κ2) is 9.54. The van der Waals surface area contributed by atoms with Crippen molar-refractivity contribution in [2.75, 3.05) is 16.9 Å². The molecule has 3 heterocycles. The fourth-order valence-corrected chi connectivity index (χ4v) is 7.32. The number of carbonyl (C=O) groups excluding carboxylic acids is 2. The van der Waals surface area contributed by atoms with Crippen LogP contribution in [0.1, 0.15) is 54.6 Å². The molecule has 3 aromatic rings. The number of rotatable bonds is 4. The Labute approximate surface area is 246 Å². The maximum atomic E-state index is 16.0. The first kappa shape index (κ1) is 27.7. The van der Waals surface area contributed by atoms with E-state index in [0.29, 0.717) is 28.4 Å². The van der Waals surface area contributed by atoms with Gasteiger partial charge in [-0.1, -0.05) is 62.2 Å². The first-order valence-corrected chi connectivity index (χ1v) is 14.1. The Balaban J connectivity index is 1.59. The maximum absolute atomic E-state index is 16.0. The summed E-state index contributed by atoms with van der Waals surface area (Å²) in [6, 6.07) is 14.6. The third kappa shape index (κ3) is 4.15. The highest BCUT2D eigenvalue weighted by Crippen LogP contribution is 2.61. The lowest BCUT2D eigenvalue weighted by Crippen LogP contribution is -2.52. The minimum atomic E-state index is -1.31. The van der Waals surface area contributed by atoms with Crippen molar-refractivity contribution >= 4 is 52.4 Å². The summed E-state index contributed by atoms with van der Waals surface area (Å²) in [6.07, 6.45) is 0.525. The van der Waals surface area contributed by atoms with Gasteiger partial charge in [0.1, 0.15) is 11.2 Å². The van der Waals surface area contributed by atoms with Crippen molar-refractivity contribution in [3.05, 3.63) is 93.2 Å². The Hall–Kier alpha value is -3.46. The number of nitrogens with zero attached hydrogens (tertiary/aromatic N) is 2. The third-order valence-corrected chi connectivity index (χ3v) is 9.04. The molecule has 10 heteroatoms. The highest BCUT2D eigenvalue weighted by molar-refractivity contribution is 6.31. The number of carboxylic acid groups (broad SMARTS) is 1. The number of benzene rings is 3. The van der Waals surface area contributed by atoms with Gasteiger partial charge in [-0.05, 0) is 65.4 Å². The number of carbonyl (C=O) groups is 3. The van der Waals surface area contributed by atoms with E-state index in [2.05, 4.69) is 26.1 Å². The molecular formula is C31H28Cl2FN3O4. The fraction of sp³-hybridized carbons (Fsp3) is 0.323. The van der Waals surface area contributed by atoms with Crippen LogP contribution in [-0.4, -0.2) is 46.5 Å². The summed E-state index contributed by atoms with van der Waals surface area (Å²) < 4.78 is 16.0. The molecular weight excluding hydrogens is 568 g/mol. The molecule has 1 spiro atoms. The summed E-state index contributed by atoms with van der Waals surface area (Å²) in [4.78, 5) is 43.7. The first-order valence-electron chi connectivity index (χ1n) is 13.3. The molecule has 2 fully saturated rings. The van der Waals surface area contributed by atoms with Gasteiger partial charge in [0.15, 0.2) is 0 Å². The van der Waals surface area contributed by atoms with Gasteiger partial charge in [-0.2, -0.15) is 0 Å². The molecule has 0 radical (unpaired) electrons. The van der Waals surface area contributed by atoms with E-state index < -0.39 is 35.2 Å². The lowest BCUT2D eigenvalue weighted by Gasteiger charge is -2.40. The molecule has 2 saturated heterocycles. The van der Waals surface area contributed by atoms with Gasteiger partial charge in [0.25, 0.3) is 0 Å². The summed E-state index contributed by atoms with van der Waals surface area (Å²) in [5.74, 6) is -3.26. The molecule has 2 N–H and O–H groups in total. The van der Waals surface area contributed by atoms with Crippen molar-refractivity contribution in [2.45, 2.75) is 50.6 Å². The van der Waals surface area contributed by atoms with Crippen LogP contribution in [0.3, 0.4) is 0 Å². The van der Waals surface area contributed by atoms with Crippen molar-refractivity contribution in [1.29, 1.82) is 0 Å². The van der Waals surface area contributed by atoms with E-state index in [1.165, 1.54) is 18.2 Å². The molecule has 2 amide bonds. The number of halogens is 3. The van der Waals surface area contributed by atoms with Crippen molar-refractivity contribution in [3.63, 3.8) is 0 Å². The summed E-state index contributed by atoms with van der Waals surface area (Å²) in [6.45, 7) is 6.35. The van der Waals surface area contributed by atoms with Gasteiger partial charge in [-0.25, -0.2) is 9.18 Å². The number of aromatic carboxylic acids is 1. The van der Waals surface area contributed by atoms with E-state index in [1.807, 2.05) is 4.90 Å². The van der Waals surface area contributed by atoms with E-state index in [4.69, 9.17) is 23.2 Å². The molecule has 3 aliphatic heterocycles. The molecule has 2 unspecified atom stereocenters. The molecule has 6 rings (SSSR count). The fourth-order valence-electron chi connectivity index (χ4n) is 6.96. The highest BCUT2D eigenvalue weighted by Gasteiger charge is 2.71. The van der Waals surface area contributed by atoms with Crippen molar-refractivity contribution in [2.24, 2.45) is 5.41 Å². The zero-order valence-electron chi connectivity index (χ0n) is 22.6. The summed E-state index contributed by atoms with van der Waals surface area (Å²) in [5, 5.41) is 12.7. The normalized spacial score (nSPS) is 25.5. The van der Waals surface area contributed by atoms with Gasteiger partial charge in [-0.3, -0.25) is 19.4 Å². The number of carboxylic acids is 1. The molecule has 0 saturated carbocycles. The van der Waals surface area contributed by atoms with Crippen molar-refractivity contribution in [1.82, 2.24) is 4.90 Å². The van der Waals surface area contributed by atoms with E-state index in [1.54, 1.807) is 47.4 Å². The van der Waals surface area contributed by atoms with Gasteiger partial charge in [0, 0.05) is 28.4 Å². The molecule has 0 bridgehead atoms. The smallest absolute Gasteiger partial charge is 0.335 e. The minimum Gasteiger partial charge on any atom is -0.478 e. The number of anilines is 2. The van der Waals surface area contributed by atoms with Crippen LogP contribution in [0, 0.1) is 11.2 Å². The summed E-state index contributed by atoms with van der Waals surface area (Å²) >= 11 is 12.6. The quantitative estimate of drug-likeness (QED) is 0.369. The van der Waals surface area contributed by atoms with Gasteiger partial charge in [0.2, 0.25) is 11.8 Å². The largest absolute Gasteiger partial charge is 0.478 e. The summed E-state index contributed by atoms with van der Waals surface area (Å²) in [7, 11) is 0. The molecule has 41 heavy (non-hydrogen) atoms. The van der Waals surface area contributed by atoms with Crippen molar-refractivity contribution in [3.8, 4) is 0 Å². The van der Waals surface area contributed by atoms with Gasteiger partial charge in [0.05, 0.1) is 23.3 Å². The van der Waals surface area contributed by atoms with Crippen LogP contribution < -0.4 is 10.2 Å². The van der Waals surface area contributed by atoms with E-state index in [-0.39, 0.29) is 40.0 Å². The van der Waals surface area contributed by atoms with Crippen LogP contribution in [0.2, 0.25) is 10.0 Å². The zero-order valence-corrected chi connectivity index (χ0v) is 24.1. The Bertz CT molecular complexity index is 1610. The standard InChI is InChI=1S/C31H28Cl2FN3O4/c1-30(2,3)14-23-31(20-12-9-17(32)13-22(20)35-29(31)41)24(19-5-4-6-21(33)25(19)34)26-27(38)36(15-37(23)26)18-10-7-16(8-11-18)28(39)40/h4-13,23-24,26H,14-15H2,1-3H3,(H,35,41)(H,39,40)/t23?,24?,26-,31-/m1/s1. The molecule has 0 aliphatic carbocycles. The first-order chi connectivity index (χ1) is 19.3. The molecule has 0 aromatic heterocycles. The molecule has 3 aromatic carbocycles. The van der Waals surface area contributed by atoms with Crippen LogP contribution >= 0.6 is 23.2 Å². The van der Waals surface area contributed by atoms with Gasteiger partial charge in [-0.15, -0.1) is 0 Å². The SMILES string of the molecule is CC(C)(C)CC1N2CN(c3ccc(C(=O)O)cc3)C(=O)[C@H]2C(c2cccc(Cl)c2F)[C@]12C(=O)Nc1cc(Cl)ccc12. The summed E-state index contributed by atoms with van der Waals surface area (Å²) in [5.41, 5.74) is 0.456. The highest BCUT2D eigenvalue weighted by atomic mass is 35.5. The topological polar surface area (TPSA) is 90.0 Å². The number of hydrogen-bond acceptors (Lipinski definition) is 4. The monoisotopic (exact) mass is 595 g/mol. The Morgan fingerprint density at radius 1 is 1.10 bits per heavy atom. The average Bonchev–Trinajstić information content (AvgIpc) is 3.48. The second-order valence-electron chi connectivity index (χ2n) is 12.1. The number of fused-ring (bicyclic) bond motifs is 3. The minimum absolute atomic E-state index is 0.0928. The maximum Gasteiger partial charge on any atom is 0.335 e. The molecule has 7 nitrogen and oxygen atoms in total. The van der Waals surface area contributed by atoms with Crippen LogP contribution in [0.15, 0.2) is 60.7 Å². The second-order valence-corrected chi connectivity index (χ2v) is 13.0. The third-order valence-electron chi connectivity index (χ3n) is 8.51. The average molecular weight is 596 g/mol. The van der Waals surface area contributed by atoms with Gasteiger partial charge >= 0.3 is 5.97 Å². The Kier molecular flexibility index (Phi) is 6.45. The Morgan fingerprint density at radius 3 is 2.46 bits per heavy atom. The van der Waals surface area contributed by atoms with Crippen LogP contribution in [0.4, 0.5) is 15.8 Å². The lowest BCUT2D eigenvalue weighted by atomic mass is 9.62. The predicted molar refractivity (Wildman–Crippen MR) is 155 cm³/mol. The molecule has 3 aliphatic rings. The number of amides is 2. The van der Waals surface area contributed by atoms with Crippen molar-refractivity contribution < 1.29 is 23.9 Å². The van der Waals surface area contributed by atoms with Crippen LogP contribution in [0.5, 0.6) is 0 Å². The molecule has 212 valence electrons. The van der Waals surface area contributed by atoms with Crippen LogP contribution in [-0.2, 0) is 15.0 Å². The number of hydrogen-bond donors (Lipinski definition) is 2. The molecule has 4 atom stereocenters.